The zero-order valence-corrected chi connectivity index (χ0v) is 22.9. The molecular weight excluding hydrogens is 446 g/mol. The molecule has 0 spiro atoms. The SMILES string of the molecule is COc1cc(N(C)C)ccc1/C=C/c1cccc(/C=C/c2ccc(N(C)C)cc2OC)[n+]1CC(C)C. The Morgan fingerprint density at radius 1 is 0.694 bits per heavy atom. The van der Waals surface area contributed by atoms with Gasteiger partial charge < -0.3 is 19.3 Å². The van der Waals surface area contributed by atoms with E-state index >= 15 is 0 Å². The van der Waals surface area contributed by atoms with Crippen molar-refractivity contribution in [3.8, 4) is 11.5 Å². The Morgan fingerprint density at radius 2 is 1.14 bits per heavy atom. The normalized spacial score (nSPS) is 11.5. The van der Waals surface area contributed by atoms with Crippen LogP contribution in [0.1, 0.15) is 36.4 Å². The van der Waals surface area contributed by atoms with Gasteiger partial charge in [0.25, 0.3) is 0 Å². The lowest BCUT2D eigenvalue weighted by atomic mass is 10.1. The van der Waals surface area contributed by atoms with Crippen LogP contribution in [0, 0.1) is 5.92 Å². The molecule has 3 rings (SSSR count). The monoisotopic (exact) mass is 486 g/mol. The predicted octanol–water partition coefficient (Wildman–Crippen LogP) is 6.12. The third-order valence-electron chi connectivity index (χ3n) is 6.04. The van der Waals surface area contributed by atoms with Gasteiger partial charge in [0.2, 0.25) is 11.4 Å². The van der Waals surface area contributed by atoms with Crippen LogP contribution in [0.15, 0.2) is 54.6 Å². The highest BCUT2D eigenvalue weighted by molar-refractivity contribution is 5.74. The van der Waals surface area contributed by atoms with Crippen LogP contribution in [0.5, 0.6) is 11.5 Å². The van der Waals surface area contributed by atoms with Gasteiger partial charge in [-0.2, -0.15) is 4.57 Å². The van der Waals surface area contributed by atoms with Gasteiger partial charge in [-0.25, -0.2) is 0 Å². The van der Waals surface area contributed by atoms with Gasteiger partial charge >= 0.3 is 0 Å². The molecule has 0 fully saturated rings. The van der Waals surface area contributed by atoms with Gasteiger partial charge in [0.1, 0.15) is 11.5 Å². The van der Waals surface area contributed by atoms with Crippen LogP contribution in [0.3, 0.4) is 0 Å². The van der Waals surface area contributed by atoms with Crippen molar-refractivity contribution in [2.45, 2.75) is 20.4 Å². The minimum atomic E-state index is 0.500. The zero-order chi connectivity index (χ0) is 26.2. The molecule has 190 valence electrons. The summed E-state index contributed by atoms with van der Waals surface area (Å²) in [5, 5.41) is 0. The Labute approximate surface area is 216 Å². The first-order valence-electron chi connectivity index (χ1n) is 12.3. The fourth-order valence-corrected chi connectivity index (χ4v) is 4.02. The van der Waals surface area contributed by atoms with Gasteiger partial charge in [0, 0.05) is 93.0 Å². The van der Waals surface area contributed by atoms with Crippen molar-refractivity contribution in [1.82, 2.24) is 0 Å². The Morgan fingerprint density at radius 3 is 1.50 bits per heavy atom. The highest BCUT2D eigenvalue weighted by atomic mass is 16.5. The van der Waals surface area contributed by atoms with Crippen molar-refractivity contribution >= 4 is 35.7 Å². The maximum Gasteiger partial charge on any atom is 0.205 e. The van der Waals surface area contributed by atoms with E-state index in [-0.39, 0.29) is 0 Å². The van der Waals surface area contributed by atoms with Crippen LogP contribution >= 0.6 is 0 Å². The molecule has 5 nitrogen and oxygen atoms in total. The largest absolute Gasteiger partial charge is 0.496 e. The van der Waals surface area contributed by atoms with E-state index in [9.17, 15) is 0 Å². The summed E-state index contributed by atoms with van der Waals surface area (Å²) in [6.45, 7) is 5.40. The average Bonchev–Trinajstić information content (AvgIpc) is 2.86. The third-order valence-corrected chi connectivity index (χ3v) is 6.04. The van der Waals surface area contributed by atoms with Crippen LogP contribution in [-0.2, 0) is 6.54 Å². The van der Waals surface area contributed by atoms with Gasteiger partial charge in [0.15, 0.2) is 6.54 Å². The van der Waals surface area contributed by atoms with Crippen molar-refractivity contribution in [2.75, 3.05) is 52.2 Å². The number of methoxy groups -OCH3 is 2. The molecule has 0 aliphatic carbocycles. The zero-order valence-electron chi connectivity index (χ0n) is 22.9. The quantitative estimate of drug-likeness (QED) is 0.323. The average molecular weight is 487 g/mol. The van der Waals surface area contributed by atoms with Crippen molar-refractivity contribution in [1.29, 1.82) is 0 Å². The number of anilines is 2. The second-order valence-electron chi connectivity index (χ2n) is 9.69. The van der Waals surface area contributed by atoms with Crippen LogP contribution in [0.4, 0.5) is 11.4 Å². The molecule has 5 heteroatoms. The van der Waals surface area contributed by atoms with Crippen molar-refractivity contribution < 1.29 is 14.0 Å². The molecule has 0 saturated heterocycles. The van der Waals surface area contributed by atoms with Crippen LogP contribution in [0.25, 0.3) is 24.3 Å². The highest BCUT2D eigenvalue weighted by Gasteiger charge is 2.15. The van der Waals surface area contributed by atoms with E-state index in [1.807, 2.05) is 28.2 Å². The summed E-state index contributed by atoms with van der Waals surface area (Å²) in [6, 6.07) is 19.0. The van der Waals surface area contributed by atoms with E-state index in [0.717, 1.165) is 51.9 Å². The van der Waals surface area contributed by atoms with Crippen molar-refractivity contribution in [3.63, 3.8) is 0 Å². The highest BCUT2D eigenvalue weighted by Crippen LogP contribution is 2.27. The Balaban J connectivity index is 1.99. The van der Waals surface area contributed by atoms with Crippen molar-refractivity contribution in [3.05, 3.63) is 77.1 Å². The van der Waals surface area contributed by atoms with Gasteiger partial charge in [-0.3, -0.25) is 0 Å². The second-order valence-corrected chi connectivity index (χ2v) is 9.69. The van der Waals surface area contributed by atoms with E-state index in [0.29, 0.717) is 5.92 Å². The topological polar surface area (TPSA) is 28.8 Å². The first-order valence-corrected chi connectivity index (χ1v) is 12.3. The fraction of sp³-hybridized carbons (Fsp3) is 0.323. The van der Waals surface area contributed by atoms with E-state index in [4.69, 9.17) is 9.47 Å². The van der Waals surface area contributed by atoms with Gasteiger partial charge in [-0.05, 0) is 42.5 Å². The molecule has 0 atom stereocenters. The van der Waals surface area contributed by atoms with E-state index in [1.165, 1.54) is 0 Å². The minimum Gasteiger partial charge on any atom is -0.496 e. The maximum atomic E-state index is 5.66. The minimum absolute atomic E-state index is 0.500. The maximum absolute atomic E-state index is 5.66. The molecule has 36 heavy (non-hydrogen) atoms. The first kappa shape index (κ1) is 26.9. The van der Waals surface area contributed by atoms with E-state index < -0.39 is 0 Å². The summed E-state index contributed by atoms with van der Waals surface area (Å²) >= 11 is 0. The number of nitrogens with zero attached hydrogens (tertiary/aromatic N) is 3. The Kier molecular flexibility index (Phi) is 9.18. The summed E-state index contributed by atoms with van der Waals surface area (Å²) in [6.07, 6.45) is 8.58. The molecule has 0 unspecified atom stereocenters. The fourth-order valence-electron chi connectivity index (χ4n) is 4.02. The van der Waals surface area contributed by atoms with Crippen LogP contribution < -0.4 is 23.8 Å². The second kappa shape index (κ2) is 12.3. The lowest BCUT2D eigenvalue weighted by Gasteiger charge is -2.15. The molecule has 0 N–H and O–H groups in total. The van der Waals surface area contributed by atoms with E-state index in [2.05, 4.69) is 107 Å². The molecule has 1 aromatic heterocycles. The number of hydrogen-bond acceptors (Lipinski definition) is 4. The molecule has 2 aromatic carbocycles. The number of pyridine rings is 1. The standard InChI is InChI=1S/C31H40N3O2/c1-23(2)22-34-26(16-12-24-14-18-28(32(3)4)20-30(24)35-7)10-9-11-27(34)17-13-25-15-19-29(33(5)6)21-31(25)36-8/h9-21,23H,22H2,1-8H3/q+1. The molecule has 0 aliphatic rings. The van der Waals surface area contributed by atoms with Gasteiger partial charge in [0.05, 0.1) is 14.2 Å². The number of ether oxygens (including phenoxy) is 2. The Hall–Kier alpha value is -3.73. The summed E-state index contributed by atoms with van der Waals surface area (Å²) < 4.78 is 13.7. The molecule has 0 bridgehead atoms. The number of benzene rings is 2. The van der Waals surface area contributed by atoms with Crippen molar-refractivity contribution in [2.24, 2.45) is 5.92 Å². The third kappa shape index (κ3) is 6.69. The molecule has 0 radical (unpaired) electrons. The lowest BCUT2D eigenvalue weighted by Crippen LogP contribution is -2.42. The molecule has 0 amide bonds. The molecule has 0 saturated carbocycles. The number of rotatable bonds is 10. The summed E-state index contributed by atoms with van der Waals surface area (Å²) in [4.78, 5) is 4.15. The summed E-state index contributed by atoms with van der Waals surface area (Å²) in [7, 11) is 11.6. The summed E-state index contributed by atoms with van der Waals surface area (Å²) in [5.74, 6) is 2.22. The molecular formula is C31H40N3O2+. The lowest BCUT2D eigenvalue weighted by molar-refractivity contribution is -0.705. The van der Waals surface area contributed by atoms with Crippen LogP contribution in [-0.4, -0.2) is 42.4 Å². The molecule has 0 aliphatic heterocycles. The molecule has 1 heterocycles. The van der Waals surface area contributed by atoms with E-state index in [1.54, 1.807) is 14.2 Å². The molecule has 3 aromatic rings. The predicted molar refractivity (Wildman–Crippen MR) is 154 cm³/mol. The Bertz CT molecular complexity index is 1140. The van der Waals surface area contributed by atoms with Gasteiger partial charge in [-0.15, -0.1) is 0 Å². The number of aromatic nitrogens is 1. The summed E-state index contributed by atoms with van der Waals surface area (Å²) in [5.41, 5.74) is 6.59. The van der Waals surface area contributed by atoms with Gasteiger partial charge in [-0.1, -0.05) is 13.8 Å². The number of hydrogen-bond donors (Lipinski definition) is 0. The first-order chi connectivity index (χ1) is 17.2. The van der Waals surface area contributed by atoms with Crippen LogP contribution in [0.2, 0.25) is 0 Å². The smallest absolute Gasteiger partial charge is 0.205 e.